The second-order valence-electron chi connectivity index (χ2n) is 4.18. The zero-order valence-electron chi connectivity index (χ0n) is 10.6. The summed E-state index contributed by atoms with van der Waals surface area (Å²) in [6.07, 6.45) is -4.45. The van der Waals surface area contributed by atoms with Gasteiger partial charge in [0.2, 0.25) is 0 Å². The Labute approximate surface area is 127 Å². The third kappa shape index (κ3) is 4.04. The molecule has 0 unspecified atom stereocenters. The monoisotopic (exact) mass is 358 g/mol. The highest BCUT2D eigenvalue weighted by atomic mass is 79.9. The highest BCUT2D eigenvalue weighted by Gasteiger charge is 2.32. The molecule has 1 heterocycles. The van der Waals surface area contributed by atoms with Gasteiger partial charge in [-0.15, -0.1) is 0 Å². The molecule has 0 radical (unpaired) electrons. The van der Waals surface area contributed by atoms with Crippen molar-refractivity contribution in [2.75, 3.05) is 0 Å². The number of carbonyl (C=O) groups is 1. The third-order valence-corrected chi connectivity index (χ3v) is 3.15. The number of pyridine rings is 1. The summed E-state index contributed by atoms with van der Waals surface area (Å²) in [7, 11) is 0. The number of nitrogens with zero attached hydrogens (tertiary/aromatic N) is 1. The molecule has 0 bridgehead atoms. The number of benzene rings is 1. The molecule has 110 valence electrons. The van der Waals surface area contributed by atoms with Crippen molar-refractivity contribution in [1.82, 2.24) is 10.3 Å². The molecule has 2 aromatic rings. The van der Waals surface area contributed by atoms with Gasteiger partial charge >= 0.3 is 6.18 Å². The van der Waals surface area contributed by atoms with E-state index in [1.807, 2.05) is 0 Å². The lowest BCUT2D eigenvalue weighted by Crippen LogP contribution is -2.25. The Hall–Kier alpha value is -1.89. The Morgan fingerprint density at radius 3 is 2.52 bits per heavy atom. The van der Waals surface area contributed by atoms with Crippen LogP contribution in [0.25, 0.3) is 0 Å². The Bertz CT molecular complexity index is 659. The van der Waals surface area contributed by atoms with Crippen LogP contribution in [0.4, 0.5) is 13.2 Å². The summed E-state index contributed by atoms with van der Waals surface area (Å²) in [6, 6.07) is 9.87. The standard InChI is InChI=1S/C14H10BrF3N2O/c15-12-7-3-6-11(20-12)13(21)19-8-9-4-1-2-5-10(9)14(16,17)18/h1-7H,8H2,(H,19,21). The second-order valence-corrected chi connectivity index (χ2v) is 5.00. The van der Waals surface area contributed by atoms with E-state index in [-0.39, 0.29) is 17.8 Å². The van der Waals surface area contributed by atoms with Gasteiger partial charge in [-0.25, -0.2) is 4.98 Å². The lowest BCUT2D eigenvalue weighted by molar-refractivity contribution is -0.138. The lowest BCUT2D eigenvalue weighted by Gasteiger charge is -2.13. The molecule has 1 amide bonds. The van der Waals surface area contributed by atoms with Gasteiger partial charge in [0.05, 0.1) is 5.56 Å². The van der Waals surface area contributed by atoms with E-state index in [1.54, 1.807) is 12.1 Å². The topological polar surface area (TPSA) is 42.0 Å². The molecular weight excluding hydrogens is 349 g/mol. The van der Waals surface area contributed by atoms with Crippen molar-refractivity contribution < 1.29 is 18.0 Å². The van der Waals surface area contributed by atoms with Gasteiger partial charge < -0.3 is 5.32 Å². The van der Waals surface area contributed by atoms with E-state index in [1.165, 1.54) is 24.3 Å². The summed E-state index contributed by atoms with van der Waals surface area (Å²) >= 11 is 3.12. The number of aromatic nitrogens is 1. The van der Waals surface area contributed by atoms with Crippen molar-refractivity contribution in [2.24, 2.45) is 0 Å². The highest BCUT2D eigenvalue weighted by Crippen LogP contribution is 2.31. The fourth-order valence-electron chi connectivity index (χ4n) is 1.75. The molecule has 0 spiro atoms. The van der Waals surface area contributed by atoms with Crippen molar-refractivity contribution in [1.29, 1.82) is 0 Å². The summed E-state index contributed by atoms with van der Waals surface area (Å²) in [5.74, 6) is -0.534. The van der Waals surface area contributed by atoms with E-state index in [0.717, 1.165) is 6.07 Å². The fourth-order valence-corrected chi connectivity index (χ4v) is 2.10. The van der Waals surface area contributed by atoms with Crippen LogP contribution in [-0.2, 0) is 12.7 Å². The predicted molar refractivity (Wildman–Crippen MR) is 74.6 cm³/mol. The van der Waals surface area contributed by atoms with Gasteiger partial charge in [-0.05, 0) is 39.7 Å². The maximum Gasteiger partial charge on any atom is 0.416 e. The maximum atomic E-state index is 12.8. The summed E-state index contributed by atoms with van der Waals surface area (Å²) in [6.45, 7) is -0.220. The minimum Gasteiger partial charge on any atom is -0.347 e. The van der Waals surface area contributed by atoms with Gasteiger partial charge in [-0.1, -0.05) is 24.3 Å². The molecule has 2 rings (SSSR count). The maximum absolute atomic E-state index is 12.8. The summed E-state index contributed by atoms with van der Waals surface area (Å²) in [4.78, 5) is 15.8. The Morgan fingerprint density at radius 1 is 1.14 bits per heavy atom. The highest BCUT2D eigenvalue weighted by molar-refractivity contribution is 9.10. The van der Waals surface area contributed by atoms with Gasteiger partial charge in [-0.3, -0.25) is 4.79 Å². The number of hydrogen-bond donors (Lipinski definition) is 1. The minimum absolute atomic E-state index is 0.00773. The Balaban J connectivity index is 2.12. The smallest absolute Gasteiger partial charge is 0.347 e. The van der Waals surface area contributed by atoms with Crippen LogP contribution < -0.4 is 5.32 Å². The van der Waals surface area contributed by atoms with E-state index in [4.69, 9.17) is 0 Å². The summed E-state index contributed by atoms with van der Waals surface area (Å²) < 4.78 is 38.9. The number of hydrogen-bond acceptors (Lipinski definition) is 2. The fraction of sp³-hybridized carbons (Fsp3) is 0.143. The number of amides is 1. The molecule has 0 atom stereocenters. The second kappa shape index (κ2) is 6.26. The number of nitrogens with one attached hydrogen (secondary N) is 1. The van der Waals surface area contributed by atoms with Crippen molar-refractivity contribution in [3.63, 3.8) is 0 Å². The number of carbonyl (C=O) groups excluding carboxylic acids is 1. The van der Waals surface area contributed by atoms with Crippen LogP contribution in [0.1, 0.15) is 21.6 Å². The van der Waals surface area contributed by atoms with Crippen LogP contribution in [0.2, 0.25) is 0 Å². The number of alkyl halides is 3. The average Bonchev–Trinajstić information content (AvgIpc) is 2.44. The van der Waals surface area contributed by atoms with Gasteiger partial charge in [0, 0.05) is 6.54 Å². The van der Waals surface area contributed by atoms with E-state index in [9.17, 15) is 18.0 Å². The first kappa shape index (κ1) is 15.5. The Kier molecular flexibility index (Phi) is 4.62. The van der Waals surface area contributed by atoms with Crippen LogP contribution in [-0.4, -0.2) is 10.9 Å². The van der Waals surface area contributed by atoms with Gasteiger partial charge in [-0.2, -0.15) is 13.2 Å². The van der Waals surface area contributed by atoms with Crippen molar-refractivity contribution in [3.8, 4) is 0 Å². The lowest BCUT2D eigenvalue weighted by atomic mass is 10.1. The van der Waals surface area contributed by atoms with Crippen LogP contribution >= 0.6 is 15.9 Å². The predicted octanol–water partition coefficient (Wildman–Crippen LogP) is 3.79. The number of halogens is 4. The first-order chi connectivity index (χ1) is 9.88. The van der Waals surface area contributed by atoms with E-state index >= 15 is 0 Å². The van der Waals surface area contributed by atoms with Crippen LogP contribution in [0, 0.1) is 0 Å². The van der Waals surface area contributed by atoms with Gasteiger partial charge in [0.1, 0.15) is 10.3 Å². The molecule has 1 N–H and O–H groups in total. The molecule has 1 aromatic heterocycles. The van der Waals surface area contributed by atoms with E-state index in [0.29, 0.717) is 4.60 Å². The molecule has 0 aliphatic heterocycles. The zero-order valence-corrected chi connectivity index (χ0v) is 12.2. The third-order valence-electron chi connectivity index (χ3n) is 2.71. The minimum atomic E-state index is -4.45. The molecule has 0 aliphatic rings. The van der Waals surface area contributed by atoms with Gasteiger partial charge in [0.25, 0.3) is 5.91 Å². The molecule has 0 saturated carbocycles. The molecule has 1 aromatic carbocycles. The first-order valence-corrected chi connectivity index (χ1v) is 6.73. The quantitative estimate of drug-likeness (QED) is 0.848. The van der Waals surface area contributed by atoms with Crippen LogP contribution in [0.15, 0.2) is 47.1 Å². The SMILES string of the molecule is O=C(NCc1ccccc1C(F)(F)F)c1cccc(Br)n1. The molecule has 0 saturated heterocycles. The van der Waals surface area contributed by atoms with E-state index < -0.39 is 17.6 Å². The average molecular weight is 359 g/mol. The molecule has 21 heavy (non-hydrogen) atoms. The summed E-state index contributed by atoms with van der Waals surface area (Å²) in [5, 5.41) is 2.43. The molecule has 0 fully saturated rings. The van der Waals surface area contributed by atoms with E-state index in [2.05, 4.69) is 26.2 Å². The van der Waals surface area contributed by atoms with Crippen molar-refractivity contribution in [2.45, 2.75) is 12.7 Å². The van der Waals surface area contributed by atoms with Crippen LogP contribution in [0.5, 0.6) is 0 Å². The van der Waals surface area contributed by atoms with Crippen LogP contribution in [0.3, 0.4) is 0 Å². The van der Waals surface area contributed by atoms with Crippen molar-refractivity contribution >= 4 is 21.8 Å². The summed E-state index contributed by atoms with van der Waals surface area (Å²) in [5.41, 5.74) is -0.616. The van der Waals surface area contributed by atoms with Gasteiger partial charge in [0.15, 0.2) is 0 Å². The normalized spacial score (nSPS) is 11.2. The van der Waals surface area contributed by atoms with Crippen molar-refractivity contribution in [3.05, 3.63) is 63.9 Å². The molecular formula is C14H10BrF3N2O. The molecule has 0 aliphatic carbocycles. The number of rotatable bonds is 3. The zero-order chi connectivity index (χ0) is 15.5. The Morgan fingerprint density at radius 2 is 1.86 bits per heavy atom. The largest absolute Gasteiger partial charge is 0.416 e. The molecule has 7 heteroatoms. The first-order valence-electron chi connectivity index (χ1n) is 5.94. The molecule has 3 nitrogen and oxygen atoms in total.